The summed E-state index contributed by atoms with van der Waals surface area (Å²) in [5.74, 6) is 0.124. The fraction of sp³-hybridized carbons (Fsp3) is 0.538. The number of rotatable bonds is 4. The molecule has 2 N–H and O–H groups in total. The molecule has 18 heavy (non-hydrogen) atoms. The summed E-state index contributed by atoms with van der Waals surface area (Å²) >= 11 is 0. The lowest BCUT2D eigenvalue weighted by Crippen LogP contribution is -2.51. The highest BCUT2D eigenvalue weighted by Crippen LogP contribution is 2.14. The lowest BCUT2D eigenvalue weighted by molar-refractivity contribution is -0.134. The second-order valence-electron chi connectivity index (χ2n) is 4.84. The van der Waals surface area contributed by atoms with Gasteiger partial charge in [0.15, 0.2) is 0 Å². The summed E-state index contributed by atoms with van der Waals surface area (Å²) in [4.78, 5) is 21.6. The van der Waals surface area contributed by atoms with Crippen LogP contribution in [0.5, 0.6) is 0 Å². The van der Waals surface area contributed by atoms with Gasteiger partial charge in [-0.2, -0.15) is 0 Å². The Kier molecular flexibility index (Phi) is 3.81. The van der Waals surface area contributed by atoms with Crippen LogP contribution >= 0.6 is 0 Å². The molecule has 1 aliphatic rings. The lowest BCUT2D eigenvalue weighted by atomic mass is 10.0. The van der Waals surface area contributed by atoms with Crippen molar-refractivity contribution < 1.29 is 4.79 Å². The first-order valence-electron chi connectivity index (χ1n) is 6.29. The van der Waals surface area contributed by atoms with Crippen LogP contribution in [0.4, 0.5) is 0 Å². The number of H-pyrrole nitrogens is 1. The van der Waals surface area contributed by atoms with E-state index in [2.05, 4.69) is 21.9 Å². The zero-order valence-electron chi connectivity index (χ0n) is 10.9. The third kappa shape index (κ3) is 2.46. The van der Waals surface area contributed by atoms with Crippen LogP contribution in [-0.4, -0.2) is 39.4 Å². The largest absolute Gasteiger partial charge is 0.347 e. The molecule has 0 spiro atoms. The van der Waals surface area contributed by atoms with Gasteiger partial charge in [-0.15, -0.1) is 6.58 Å². The molecule has 1 amide bonds. The van der Waals surface area contributed by atoms with Gasteiger partial charge in [-0.1, -0.05) is 6.08 Å². The Morgan fingerprint density at radius 1 is 1.72 bits per heavy atom. The highest BCUT2D eigenvalue weighted by atomic mass is 16.2. The summed E-state index contributed by atoms with van der Waals surface area (Å²) in [6.45, 7) is 9.00. The third-order valence-electron chi connectivity index (χ3n) is 3.26. The molecule has 5 heteroatoms. The number of hydrogen-bond donors (Lipinski definition) is 2. The molecule has 2 rings (SSSR count). The molecular formula is C13H20N4O. The van der Waals surface area contributed by atoms with Gasteiger partial charge >= 0.3 is 0 Å². The number of carbonyl (C=O) groups is 1. The number of carbonyl (C=O) groups excluding carboxylic acids is 1. The number of fused-ring (bicyclic) bond motifs is 1. The first-order chi connectivity index (χ1) is 8.63. The minimum absolute atomic E-state index is 0.124. The van der Waals surface area contributed by atoms with Crippen molar-refractivity contribution in [3.05, 3.63) is 30.4 Å². The fourth-order valence-electron chi connectivity index (χ4n) is 2.24. The Morgan fingerprint density at radius 3 is 3.17 bits per heavy atom. The van der Waals surface area contributed by atoms with E-state index in [0.29, 0.717) is 19.5 Å². The monoisotopic (exact) mass is 248 g/mol. The highest BCUT2D eigenvalue weighted by Gasteiger charge is 2.29. The minimum atomic E-state index is -0.178. The van der Waals surface area contributed by atoms with E-state index in [-0.39, 0.29) is 18.0 Å². The van der Waals surface area contributed by atoms with E-state index in [1.165, 1.54) is 0 Å². The molecular weight excluding hydrogens is 228 g/mol. The molecule has 0 saturated carbocycles. The predicted molar refractivity (Wildman–Crippen MR) is 70.0 cm³/mol. The number of imidazole rings is 1. The fourth-order valence-corrected chi connectivity index (χ4v) is 2.24. The Hall–Kier alpha value is -1.62. The van der Waals surface area contributed by atoms with Crippen molar-refractivity contribution in [1.29, 1.82) is 0 Å². The normalized spacial score (nSPS) is 18.5. The summed E-state index contributed by atoms with van der Waals surface area (Å²) in [6.07, 6.45) is 4.10. The Labute approximate surface area is 107 Å². The van der Waals surface area contributed by atoms with Crippen LogP contribution in [0, 0.1) is 0 Å². The van der Waals surface area contributed by atoms with Gasteiger partial charge in [-0.3, -0.25) is 10.1 Å². The molecule has 5 nitrogen and oxygen atoms in total. The van der Waals surface area contributed by atoms with E-state index in [4.69, 9.17) is 0 Å². The Balaban J connectivity index is 2.08. The van der Waals surface area contributed by atoms with Gasteiger partial charge in [0.25, 0.3) is 0 Å². The van der Waals surface area contributed by atoms with Gasteiger partial charge in [0, 0.05) is 25.6 Å². The van der Waals surface area contributed by atoms with Crippen LogP contribution in [0.2, 0.25) is 0 Å². The Bertz CT molecular complexity index is 438. The smallest absolute Gasteiger partial charge is 0.240 e. The molecule has 1 unspecified atom stereocenters. The highest BCUT2D eigenvalue weighted by molar-refractivity contribution is 5.82. The first-order valence-corrected chi connectivity index (χ1v) is 6.29. The molecule has 1 atom stereocenters. The summed E-state index contributed by atoms with van der Waals surface area (Å²) in [5.41, 5.74) is 2.08. The van der Waals surface area contributed by atoms with E-state index >= 15 is 0 Å². The van der Waals surface area contributed by atoms with Crippen molar-refractivity contribution >= 4 is 5.91 Å². The van der Waals surface area contributed by atoms with Crippen LogP contribution in [0.3, 0.4) is 0 Å². The molecule has 0 saturated heterocycles. The maximum absolute atomic E-state index is 12.4. The minimum Gasteiger partial charge on any atom is -0.347 e. The summed E-state index contributed by atoms with van der Waals surface area (Å²) in [5, 5.41) is 3.26. The van der Waals surface area contributed by atoms with Crippen molar-refractivity contribution in [2.45, 2.75) is 38.9 Å². The van der Waals surface area contributed by atoms with E-state index < -0.39 is 0 Å². The molecule has 0 aromatic carbocycles. The Morgan fingerprint density at radius 2 is 2.50 bits per heavy atom. The molecule has 1 aromatic rings. The van der Waals surface area contributed by atoms with E-state index in [9.17, 15) is 4.79 Å². The van der Waals surface area contributed by atoms with E-state index in [0.717, 1.165) is 11.4 Å². The molecule has 1 aliphatic heterocycles. The van der Waals surface area contributed by atoms with Crippen molar-refractivity contribution in [2.24, 2.45) is 0 Å². The predicted octanol–water partition coefficient (Wildman–Crippen LogP) is 0.847. The molecule has 1 aromatic heterocycles. The number of aromatic amines is 1. The number of amides is 1. The summed E-state index contributed by atoms with van der Waals surface area (Å²) < 4.78 is 0. The average molecular weight is 248 g/mol. The maximum Gasteiger partial charge on any atom is 0.240 e. The van der Waals surface area contributed by atoms with Crippen LogP contribution in [0.25, 0.3) is 0 Å². The summed E-state index contributed by atoms with van der Waals surface area (Å²) in [7, 11) is 0. The van der Waals surface area contributed by atoms with Gasteiger partial charge in [0.1, 0.15) is 0 Å². The van der Waals surface area contributed by atoms with Crippen LogP contribution in [-0.2, 0) is 17.8 Å². The second kappa shape index (κ2) is 5.35. The van der Waals surface area contributed by atoms with Gasteiger partial charge in [-0.25, -0.2) is 4.98 Å². The zero-order valence-corrected chi connectivity index (χ0v) is 10.9. The van der Waals surface area contributed by atoms with E-state index in [1.807, 2.05) is 18.7 Å². The van der Waals surface area contributed by atoms with E-state index in [1.54, 1.807) is 12.4 Å². The standard InChI is InChI=1S/C13H20N4O/c1-4-5-17(9(2)3)13(18)11-6-10-12(7-14-11)16-8-15-10/h4,8-9,11,14H,1,5-7H2,2-3H3,(H,15,16). The molecule has 0 aliphatic carbocycles. The summed E-state index contributed by atoms with van der Waals surface area (Å²) in [6, 6.07) is 0.000955. The number of aromatic nitrogens is 2. The first kappa shape index (κ1) is 12.8. The molecule has 98 valence electrons. The number of nitrogens with zero attached hydrogens (tertiary/aromatic N) is 2. The number of nitrogens with one attached hydrogen (secondary N) is 2. The SMILES string of the molecule is C=CCN(C(=O)C1Cc2nc[nH]c2CN1)C(C)C. The quantitative estimate of drug-likeness (QED) is 0.776. The topological polar surface area (TPSA) is 61.0 Å². The van der Waals surface area contributed by atoms with Gasteiger partial charge in [-0.05, 0) is 13.8 Å². The zero-order chi connectivity index (χ0) is 13.1. The third-order valence-corrected chi connectivity index (χ3v) is 3.26. The van der Waals surface area contributed by atoms with Gasteiger partial charge < -0.3 is 9.88 Å². The lowest BCUT2D eigenvalue weighted by Gasteiger charge is -2.31. The number of hydrogen-bond acceptors (Lipinski definition) is 3. The van der Waals surface area contributed by atoms with Crippen molar-refractivity contribution in [2.75, 3.05) is 6.54 Å². The molecule has 0 fully saturated rings. The second-order valence-corrected chi connectivity index (χ2v) is 4.84. The molecule has 0 radical (unpaired) electrons. The van der Waals surface area contributed by atoms with Crippen LogP contribution in [0.15, 0.2) is 19.0 Å². The molecule has 0 bridgehead atoms. The van der Waals surface area contributed by atoms with Crippen LogP contribution < -0.4 is 5.32 Å². The van der Waals surface area contributed by atoms with Crippen molar-refractivity contribution in [1.82, 2.24) is 20.2 Å². The molecule has 2 heterocycles. The maximum atomic E-state index is 12.4. The van der Waals surface area contributed by atoms with Crippen LogP contribution in [0.1, 0.15) is 25.2 Å². The van der Waals surface area contributed by atoms with Gasteiger partial charge in [0.2, 0.25) is 5.91 Å². The average Bonchev–Trinajstić information content (AvgIpc) is 2.81. The van der Waals surface area contributed by atoms with Crippen molar-refractivity contribution in [3.63, 3.8) is 0 Å². The van der Waals surface area contributed by atoms with Gasteiger partial charge in [0.05, 0.1) is 23.8 Å². The van der Waals surface area contributed by atoms with Crippen molar-refractivity contribution in [3.8, 4) is 0 Å².